The maximum absolute atomic E-state index is 12.6. The second kappa shape index (κ2) is 7.71. The number of carbonyl (C=O) groups excluding carboxylic acids is 2. The number of benzene rings is 2. The Bertz CT molecular complexity index is 963. The molecule has 1 amide bonds. The minimum atomic E-state index is -0.539. The molecule has 2 aliphatic rings. The minimum absolute atomic E-state index is 0.0123. The highest BCUT2D eigenvalue weighted by Crippen LogP contribution is 2.40. The van der Waals surface area contributed by atoms with Crippen molar-refractivity contribution in [3.63, 3.8) is 0 Å². The van der Waals surface area contributed by atoms with E-state index in [2.05, 4.69) is 0 Å². The summed E-state index contributed by atoms with van der Waals surface area (Å²) in [5.74, 6) is 1.33. The van der Waals surface area contributed by atoms with Gasteiger partial charge in [0.25, 0.3) is 5.91 Å². The third kappa shape index (κ3) is 3.97. The fraction of sp³-hybridized carbons (Fsp3) is 0.391. The van der Waals surface area contributed by atoms with Crippen LogP contribution in [0.3, 0.4) is 0 Å². The van der Waals surface area contributed by atoms with E-state index in [9.17, 15) is 9.59 Å². The van der Waals surface area contributed by atoms with Gasteiger partial charge in [0.05, 0.1) is 12.0 Å². The van der Waals surface area contributed by atoms with Crippen molar-refractivity contribution in [1.29, 1.82) is 0 Å². The van der Waals surface area contributed by atoms with Gasteiger partial charge < -0.3 is 14.4 Å². The Morgan fingerprint density at radius 3 is 2.72 bits per heavy atom. The number of carbonyl (C=O) groups is 2. The molecular weight excluding hydrogens is 390 g/mol. The standard InChI is InChI=1S/C23H24ClNO4/c1-15-4-3-5-20(16(15)2)28-14-22(27)25-10-8-23(9-11-25)13-19(26)18-12-17(24)6-7-21(18)29-23/h3-7,12H,8-11,13-14H2,1-2H3. The number of amides is 1. The van der Waals surface area contributed by atoms with Crippen LogP contribution >= 0.6 is 11.6 Å². The smallest absolute Gasteiger partial charge is 0.260 e. The van der Waals surface area contributed by atoms with Crippen LogP contribution in [0.4, 0.5) is 0 Å². The van der Waals surface area contributed by atoms with E-state index in [4.69, 9.17) is 21.1 Å². The van der Waals surface area contributed by atoms with E-state index >= 15 is 0 Å². The molecule has 0 N–H and O–H groups in total. The molecule has 2 heterocycles. The van der Waals surface area contributed by atoms with Gasteiger partial charge >= 0.3 is 0 Å². The summed E-state index contributed by atoms with van der Waals surface area (Å²) in [4.78, 5) is 27.0. The number of aryl methyl sites for hydroxylation is 1. The normalized spacial score (nSPS) is 17.6. The van der Waals surface area contributed by atoms with Crippen molar-refractivity contribution in [2.45, 2.75) is 38.7 Å². The molecule has 29 heavy (non-hydrogen) atoms. The molecule has 0 saturated carbocycles. The molecule has 2 aliphatic heterocycles. The number of rotatable bonds is 3. The number of Topliss-reactive ketones (excluding diaryl/α,β-unsaturated/α-hetero) is 1. The summed E-state index contributed by atoms with van der Waals surface area (Å²) >= 11 is 6.00. The zero-order chi connectivity index (χ0) is 20.6. The van der Waals surface area contributed by atoms with Crippen molar-refractivity contribution in [2.24, 2.45) is 0 Å². The van der Waals surface area contributed by atoms with Gasteiger partial charge in [-0.15, -0.1) is 0 Å². The second-order valence-electron chi connectivity index (χ2n) is 7.89. The first-order valence-electron chi connectivity index (χ1n) is 9.85. The number of nitrogens with zero attached hydrogens (tertiary/aromatic N) is 1. The Morgan fingerprint density at radius 1 is 1.21 bits per heavy atom. The zero-order valence-corrected chi connectivity index (χ0v) is 17.4. The Balaban J connectivity index is 1.37. The highest BCUT2D eigenvalue weighted by atomic mass is 35.5. The fourth-order valence-corrected chi connectivity index (χ4v) is 4.19. The molecule has 0 bridgehead atoms. The SMILES string of the molecule is Cc1cccc(OCC(=O)N2CCC3(CC2)CC(=O)c2cc(Cl)ccc2O3)c1C. The lowest BCUT2D eigenvalue weighted by molar-refractivity contribution is -0.136. The van der Waals surface area contributed by atoms with Crippen LogP contribution in [0.1, 0.15) is 40.7 Å². The maximum atomic E-state index is 12.6. The van der Waals surface area contributed by atoms with E-state index in [0.29, 0.717) is 48.7 Å². The Labute approximate surface area is 175 Å². The summed E-state index contributed by atoms with van der Waals surface area (Å²) in [7, 11) is 0. The molecule has 152 valence electrons. The molecule has 0 radical (unpaired) electrons. The van der Waals surface area contributed by atoms with E-state index in [0.717, 1.165) is 16.9 Å². The number of halogens is 1. The van der Waals surface area contributed by atoms with Crippen LogP contribution in [0.25, 0.3) is 0 Å². The van der Waals surface area contributed by atoms with Crippen LogP contribution in [0.2, 0.25) is 5.02 Å². The van der Waals surface area contributed by atoms with Gasteiger partial charge in [-0.2, -0.15) is 0 Å². The van der Waals surface area contributed by atoms with Gasteiger partial charge in [-0.05, 0) is 49.2 Å². The monoisotopic (exact) mass is 413 g/mol. The van der Waals surface area contributed by atoms with Gasteiger partial charge in [0, 0.05) is 31.0 Å². The molecular formula is C23H24ClNO4. The Hall–Kier alpha value is -2.53. The molecule has 0 aliphatic carbocycles. The molecule has 5 nitrogen and oxygen atoms in total. The number of piperidine rings is 1. The lowest BCUT2D eigenvalue weighted by Gasteiger charge is -2.43. The van der Waals surface area contributed by atoms with Crippen molar-refractivity contribution in [3.05, 3.63) is 58.1 Å². The third-order valence-electron chi connectivity index (χ3n) is 5.98. The number of ether oxygens (including phenoxy) is 2. The van der Waals surface area contributed by atoms with Crippen LogP contribution in [-0.4, -0.2) is 41.9 Å². The highest BCUT2D eigenvalue weighted by Gasteiger charge is 2.43. The molecule has 2 aromatic rings. The predicted molar refractivity (Wildman–Crippen MR) is 111 cm³/mol. The summed E-state index contributed by atoms with van der Waals surface area (Å²) in [5.41, 5.74) is 2.19. The van der Waals surface area contributed by atoms with Crippen LogP contribution in [-0.2, 0) is 4.79 Å². The number of hydrogen-bond acceptors (Lipinski definition) is 4. The first-order valence-corrected chi connectivity index (χ1v) is 10.2. The van der Waals surface area contributed by atoms with Crippen molar-refractivity contribution in [2.75, 3.05) is 19.7 Å². The summed E-state index contributed by atoms with van der Waals surface area (Å²) in [6.45, 7) is 5.11. The van der Waals surface area contributed by atoms with E-state index in [1.807, 2.05) is 32.0 Å². The average Bonchev–Trinajstić information content (AvgIpc) is 2.70. The van der Waals surface area contributed by atoms with Crippen molar-refractivity contribution < 1.29 is 19.1 Å². The summed E-state index contributed by atoms with van der Waals surface area (Å²) in [6.07, 6.45) is 1.56. The third-order valence-corrected chi connectivity index (χ3v) is 6.22. The Kier molecular flexibility index (Phi) is 5.26. The molecule has 6 heteroatoms. The highest BCUT2D eigenvalue weighted by molar-refractivity contribution is 6.31. The minimum Gasteiger partial charge on any atom is -0.486 e. The first-order chi connectivity index (χ1) is 13.9. The lowest BCUT2D eigenvalue weighted by atomic mass is 9.82. The summed E-state index contributed by atoms with van der Waals surface area (Å²) in [6, 6.07) is 11.0. The lowest BCUT2D eigenvalue weighted by Crippen LogP contribution is -2.53. The zero-order valence-electron chi connectivity index (χ0n) is 16.7. The van der Waals surface area contributed by atoms with Gasteiger partial charge in [0.1, 0.15) is 17.1 Å². The van der Waals surface area contributed by atoms with Crippen LogP contribution in [0.5, 0.6) is 11.5 Å². The maximum Gasteiger partial charge on any atom is 0.260 e. The van der Waals surface area contributed by atoms with Crippen LogP contribution < -0.4 is 9.47 Å². The molecule has 4 rings (SSSR count). The van der Waals surface area contributed by atoms with Gasteiger partial charge in [-0.3, -0.25) is 9.59 Å². The largest absolute Gasteiger partial charge is 0.486 e. The summed E-state index contributed by atoms with van der Waals surface area (Å²) < 4.78 is 12.0. The number of likely N-dealkylation sites (tertiary alicyclic amines) is 1. The second-order valence-corrected chi connectivity index (χ2v) is 8.33. The van der Waals surface area contributed by atoms with Crippen molar-refractivity contribution in [3.8, 4) is 11.5 Å². The summed E-state index contributed by atoms with van der Waals surface area (Å²) in [5, 5.41) is 0.529. The van der Waals surface area contributed by atoms with E-state index < -0.39 is 5.60 Å². The molecule has 1 saturated heterocycles. The first kappa shape index (κ1) is 19.8. The van der Waals surface area contributed by atoms with Gasteiger partial charge in [0.2, 0.25) is 0 Å². The molecule has 1 fully saturated rings. The number of hydrogen-bond donors (Lipinski definition) is 0. The van der Waals surface area contributed by atoms with Gasteiger partial charge in [-0.1, -0.05) is 23.7 Å². The number of ketones is 1. The van der Waals surface area contributed by atoms with Crippen LogP contribution in [0.15, 0.2) is 36.4 Å². The van der Waals surface area contributed by atoms with Crippen LogP contribution in [0, 0.1) is 13.8 Å². The molecule has 0 unspecified atom stereocenters. The molecule has 2 aromatic carbocycles. The topological polar surface area (TPSA) is 55.8 Å². The Morgan fingerprint density at radius 2 is 1.97 bits per heavy atom. The van der Waals surface area contributed by atoms with E-state index in [1.165, 1.54) is 0 Å². The number of fused-ring (bicyclic) bond motifs is 1. The molecule has 0 atom stereocenters. The van der Waals surface area contributed by atoms with E-state index in [1.54, 1.807) is 23.1 Å². The van der Waals surface area contributed by atoms with Gasteiger partial charge in [0.15, 0.2) is 12.4 Å². The van der Waals surface area contributed by atoms with E-state index in [-0.39, 0.29) is 18.3 Å². The van der Waals surface area contributed by atoms with Crippen molar-refractivity contribution >= 4 is 23.3 Å². The quantitative estimate of drug-likeness (QED) is 0.750. The molecule has 0 aromatic heterocycles. The van der Waals surface area contributed by atoms with Crippen molar-refractivity contribution in [1.82, 2.24) is 4.90 Å². The predicted octanol–water partition coefficient (Wildman–Crippen LogP) is 4.36. The van der Waals surface area contributed by atoms with Gasteiger partial charge in [-0.25, -0.2) is 0 Å². The molecule has 1 spiro atoms. The average molecular weight is 414 g/mol. The fourth-order valence-electron chi connectivity index (χ4n) is 4.02.